The van der Waals surface area contributed by atoms with Crippen LogP contribution in [0.3, 0.4) is 0 Å². The number of hydrogen-bond acceptors (Lipinski definition) is 6. The van der Waals surface area contributed by atoms with Crippen LogP contribution in [-0.4, -0.2) is 136 Å². The molecular formula is C29H60N6. The summed E-state index contributed by atoms with van der Waals surface area (Å²) in [4.78, 5) is 12.7. The molecule has 2 aliphatic heterocycles. The van der Waals surface area contributed by atoms with Gasteiger partial charge >= 0.3 is 0 Å². The highest BCUT2D eigenvalue weighted by Crippen LogP contribution is 2.21. The molecule has 206 valence electrons. The molecule has 0 aromatic rings. The quantitative estimate of drug-likeness (QED) is 0.522. The van der Waals surface area contributed by atoms with Gasteiger partial charge in [0.05, 0.1) is 0 Å². The lowest BCUT2D eigenvalue weighted by Crippen LogP contribution is -2.47. The average molecular weight is 493 g/mol. The second-order valence-electron chi connectivity index (χ2n) is 12.1. The Bertz CT molecular complexity index is 499. The summed E-state index contributed by atoms with van der Waals surface area (Å²) in [6.45, 7) is 14.9. The lowest BCUT2D eigenvalue weighted by molar-refractivity contribution is 0.127. The number of hydrogen-bond donors (Lipinski definition) is 1. The summed E-state index contributed by atoms with van der Waals surface area (Å²) in [6, 6.07) is 1.67. The van der Waals surface area contributed by atoms with Crippen molar-refractivity contribution in [3.63, 3.8) is 0 Å². The number of nitrogens with one attached hydrogen (secondary N) is 1. The number of piperazine rings is 2. The fourth-order valence-corrected chi connectivity index (χ4v) is 6.23. The van der Waals surface area contributed by atoms with Crippen LogP contribution >= 0.6 is 0 Å². The van der Waals surface area contributed by atoms with Crippen molar-refractivity contribution < 1.29 is 0 Å². The van der Waals surface area contributed by atoms with Gasteiger partial charge in [-0.2, -0.15) is 0 Å². The highest BCUT2D eigenvalue weighted by molar-refractivity contribution is 4.76. The Morgan fingerprint density at radius 2 is 1.06 bits per heavy atom. The SMILES string of the molecule is CN1CCN(CCN(C)C2CCCCCC2)CC1.CN1CCN(CCNC2CCCCCC2)CC1. The molecular weight excluding hydrogens is 432 g/mol. The summed E-state index contributed by atoms with van der Waals surface area (Å²) >= 11 is 0. The minimum absolute atomic E-state index is 0.810. The van der Waals surface area contributed by atoms with Crippen LogP contribution in [0, 0.1) is 0 Å². The van der Waals surface area contributed by atoms with Gasteiger partial charge in [-0.15, -0.1) is 0 Å². The first kappa shape index (κ1) is 29.3. The fraction of sp³-hybridized carbons (Fsp3) is 1.00. The van der Waals surface area contributed by atoms with E-state index in [2.05, 4.69) is 51.0 Å². The van der Waals surface area contributed by atoms with E-state index < -0.39 is 0 Å². The molecule has 4 fully saturated rings. The molecule has 1 N–H and O–H groups in total. The zero-order valence-electron chi connectivity index (χ0n) is 23.9. The Labute approximate surface area is 218 Å². The third-order valence-electron chi connectivity index (χ3n) is 9.12. The van der Waals surface area contributed by atoms with E-state index in [1.807, 2.05) is 0 Å². The standard InChI is InChI=1S/C15H31N3.C14H29N3/c1-16-9-12-18(13-10-16)14-11-17(2)15-7-5-3-4-6-8-15;1-16-10-12-17(13-11-16)9-8-15-14-6-4-2-3-5-7-14/h15H,3-14H2,1-2H3;14-15H,2-13H2,1H3. The van der Waals surface area contributed by atoms with Gasteiger partial charge in [-0.1, -0.05) is 51.4 Å². The normalized spacial score (nSPS) is 25.7. The minimum atomic E-state index is 0.810. The highest BCUT2D eigenvalue weighted by Gasteiger charge is 2.19. The molecule has 0 aromatic carbocycles. The molecule has 0 atom stereocenters. The van der Waals surface area contributed by atoms with Crippen LogP contribution < -0.4 is 5.32 Å². The fourth-order valence-electron chi connectivity index (χ4n) is 6.23. The van der Waals surface area contributed by atoms with Crippen molar-refractivity contribution in [2.24, 2.45) is 0 Å². The van der Waals surface area contributed by atoms with Crippen LogP contribution in [0.1, 0.15) is 77.0 Å². The maximum Gasteiger partial charge on any atom is 0.0110 e. The van der Waals surface area contributed by atoms with Crippen molar-refractivity contribution in [2.75, 3.05) is 99.7 Å². The largest absolute Gasteiger partial charge is 0.313 e. The summed E-state index contributed by atoms with van der Waals surface area (Å²) < 4.78 is 0. The molecule has 0 bridgehead atoms. The van der Waals surface area contributed by atoms with E-state index in [0.717, 1.165) is 12.1 Å². The first-order valence-corrected chi connectivity index (χ1v) is 15.4. The second-order valence-corrected chi connectivity index (χ2v) is 12.1. The van der Waals surface area contributed by atoms with Gasteiger partial charge in [0.15, 0.2) is 0 Å². The molecule has 2 aliphatic carbocycles. The summed E-state index contributed by atoms with van der Waals surface area (Å²) in [5, 5.41) is 3.76. The molecule has 6 nitrogen and oxygen atoms in total. The molecule has 0 radical (unpaired) electrons. The van der Waals surface area contributed by atoms with E-state index in [1.54, 1.807) is 0 Å². The van der Waals surface area contributed by atoms with Crippen LogP contribution in [-0.2, 0) is 0 Å². The van der Waals surface area contributed by atoms with Crippen molar-refractivity contribution in [3.05, 3.63) is 0 Å². The zero-order valence-corrected chi connectivity index (χ0v) is 23.9. The molecule has 0 spiro atoms. The molecule has 2 heterocycles. The molecule has 0 amide bonds. The Hall–Kier alpha value is -0.240. The average Bonchev–Trinajstić information content (AvgIpc) is 3.31. The van der Waals surface area contributed by atoms with Gasteiger partial charge in [-0.3, -0.25) is 9.80 Å². The van der Waals surface area contributed by atoms with Crippen LogP contribution in [0.5, 0.6) is 0 Å². The molecule has 0 aromatic heterocycles. The maximum atomic E-state index is 3.76. The van der Waals surface area contributed by atoms with Gasteiger partial charge in [0.2, 0.25) is 0 Å². The van der Waals surface area contributed by atoms with Crippen molar-refractivity contribution >= 4 is 0 Å². The predicted molar refractivity (Wildman–Crippen MR) is 151 cm³/mol. The number of nitrogens with zero attached hydrogens (tertiary/aromatic N) is 5. The van der Waals surface area contributed by atoms with E-state index in [1.165, 1.54) is 156 Å². The topological polar surface area (TPSA) is 28.2 Å². The van der Waals surface area contributed by atoms with Crippen molar-refractivity contribution in [1.29, 1.82) is 0 Å². The second kappa shape index (κ2) is 17.3. The molecule has 0 unspecified atom stereocenters. The van der Waals surface area contributed by atoms with Crippen molar-refractivity contribution in [1.82, 2.24) is 29.8 Å². The van der Waals surface area contributed by atoms with E-state index >= 15 is 0 Å². The van der Waals surface area contributed by atoms with E-state index in [-0.39, 0.29) is 0 Å². The third-order valence-corrected chi connectivity index (χ3v) is 9.12. The maximum absolute atomic E-state index is 3.76. The van der Waals surface area contributed by atoms with Crippen LogP contribution in [0.25, 0.3) is 0 Å². The molecule has 2 saturated heterocycles. The van der Waals surface area contributed by atoms with Crippen LogP contribution in [0.4, 0.5) is 0 Å². The molecule has 2 saturated carbocycles. The zero-order chi connectivity index (χ0) is 24.7. The molecule has 4 rings (SSSR count). The summed E-state index contributed by atoms with van der Waals surface area (Å²) in [6.07, 6.45) is 17.3. The smallest absolute Gasteiger partial charge is 0.0110 e. The van der Waals surface area contributed by atoms with Gasteiger partial charge in [-0.05, 0) is 46.8 Å². The summed E-state index contributed by atoms with van der Waals surface area (Å²) in [7, 11) is 6.79. The highest BCUT2D eigenvalue weighted by atomic mass is 15.3. The van der Waals surface area contributed by atoms with Crippen molar-refractivity contribution in [2.45, 2.75) is 89.1 Å². The van der Waals surface area contributed by atoms with Gasteiger partial charge < -0.3 is 20.0 Å². The Morgan fingerprint density at radius 1 is 0.600 bits per heavy atom. The van der Waals surface area contributed by atoms with Gasteiger partial charge in [0, 0.05) is 90.6 Å². The van der Waals surface area contributed by atoms with Crippen molar-refractivity contribution in [3.8, 4) is 0 Å². The summed E-state index contributed by atoms with van der Waals surface area (Å²) in [5.74, 6) is 0. The monoisotopic (exact) mass is 492 g/mol. The van der Waals surface area contributed by atoms with E-state index in [9.17, 15) is 0 Å². The number of rotatable bonds is 8. The van der Waals surface area contributed by atoms with Crippen LogP contribution in [0.2, 0.25) is 0 Å². The molecule has 6 heteroatoms. The Balaban J connectivity index is 0.000000196. The lowest BCUT2D eigenvalue weighted by atomic mass is 10.1. The first-order valence-electron chi connectivity index (χ1n) is 15.4. The van der Waals surface area contributed by atoms with Gasteiger partial charge in [0.1, 0.15) is 0 Å². The van der Waals surface area contributed by atoms with Crippen LogP contribution in [0.15, 0.2) is 0 Å². The lowest BCUT2D eigenvalue weighted by Gasteiger charge is -2.35. The number of likely N-dealkylation sites (N-methyl/N-ethyl adjacent to an activating group) is 3. The third kappa shape index (κ3) is 12.2. The van der Waals surface area contributed by atoms with Gasteiger partial charge in [0.25, 0.3) is 0 Å². The minimum Gasteiger partial charge on any atom is -0.313 e. The summed E-state index contributed by atoms with van der Waals surface area (Å²) in [5.41, 5.74) is 0. The Morgan fingerprint density at radius 3 is 1.57 bits per heavy atom. The van der Waals surface area contributed by atoms with Gasteiger partial charge in [-0.25, -0.2) is 0 Å². The van der Waals surface area contributed by atoms with E-state index in [0.29, 0.717) is 0 Å². The molecule has 35 heavy (non-hydrogen) atoms. The predicted octanol–water partition coefficient (Wildman–Crippen LogP) is 3.43. The Kier molecular flexibility index (Phi) is 14.5. The molecule has 4 aliphatic rings. The van der Waals surface area contributed by atoms with E-state index in [4.69, 9.17) is 0 Å². The first-order chi connectivity index (χ1) is 17.1.